The summed E-state index contributed by atoms with van der Waals surface area (Å²) in [6.07, 6.45) is 8.99. The van der Waals surface area contributed by atoms with Crippen molar-refractivity contribution < 1.29 is 17.6 Å². The van der Waals surface area contributed by atoms with Gasteiger partial charge in [-0.25, -0.2) is 27.2 Å². The second-order valence-electron chi connectivity index (χ2n) is 11.3. The molecule has 13 nitrogen and oxygen atoms in total. The van der Waals surface area contributed by atoms with Gasteiger partial charge in [0.25, 0.3) is 0 Å². The van der Waals surface area contributed by atoms with E-state index in [4.69, 9.17) is 5.73 Å². The lowest BCUT2D eigenvalue weighted by Gasteiger charge is -2.40. The fourth-order valence-electron chi connectivity index (χ4n) is 6.02. The number of fused-ring (bicyclic) bond motifs is 1. The number of rotatable bonds is 6. The number of nitrogens with zero attached hydrogens (tertiary/aromatic N) is 8. The number of sulfone groups is 1. The highest BCUT2D eigenvalue weighted by Crippen LogP contribution is 2.41. The third kappa shape index (κ3) is 4.80. The molecule has 0 bridgehead atoms. The topological polar surface area (TPSA) is 162 Å². The number of carbonyl (C=O) groups is 1. The average molecular weight is 622 g/mol. The van der Waals surface area contributed by atoms with Crippen molar-refractivity contribution in [3.05, 3.63) is 59.2 Å². The van der Waals surface area contributed by atoms with Crippen molar-refractivity contribution in [2.45, 2.75) is 43.0 Å². The smallest absolute Gasteiger partial charge is 0.355 e. The van der Waals surface area contributed by atoms with E-state index in [0.717, 1.165) is 30.1 Å². The number of hydrogen-bond donors (Lipinski definition) is 1. The minimum absolute atomic E-state index is 0.00507. The van der Waals surface area contributed by atoms with E-state index in [0.29, 0.717) is 25.2 Å². The Balaban J connectivity index is 1.68. The van der Waals surface area contributed by atoms with Crippen molar-refractivity contribution in [1.29, 1.82) is 0 Å². The Morgan fingerprint density at radius 3 is 2.52 bits per heavy atom. The summed E-state index contributed by atoms with van der Waals surface area (Å²) < 4.78 is 44.7. The predicted octanol–water partition coefficient (Wildman–Crippen LogP) is 2.19. The highest BCUT2D eigenvalue weighted by Gasteiger charge is 2.33. The average Bonchev–Trinajstić information content (AvgIpc) is 3.28. The Kier molecular flexibility index (Phi) is 7.22. The molecular weight excluding hydrogens is 589 g/mol. The van der Waals surface area contributed by atoms with Crippen LogP contribution in [0.1, 0.15) is 37.7 Å². The van der Waals surface area contributed by atoms with Crippen molar-refractivity contribution in [2.75, 3.05) is 36.5 Å². The van der Waals surface area contributed by atoms with E-state index < -0.39 is 21.3 Å². The van der Waals surface area contributed by atoms with Gasteiger partial charge in [0, 0.05) is 51.4 Å². The lowest BCUT2D eigenvalue weighted by Crippen LogP contribution is -2.54. The lowest BCUT2D eigenvalue weighted by atomic mass is 9.80. The Morgan fingerprint density at radius 2 is 1.93 bits per heavy atom. The maximum Gasteiger partial charge on any atom is 0.355 e. The molecule has 4 aromatic rings. The molecule has 0 radical (unpaired) electrons. The third-order valence-electron chi connectivity index (χ3n) is 8.46. The van der Waals surface area contributed by atoms with E-state index in [-0.39, 0.29) is 62.4 Å². The van der Waals surface area contributed by atoms with Gasteiger partial charge in [-0.05, 0) is 43.4 Å². The minimum Gasteiger partial charge on any atom is -0.396 e. The molecule has 1 saturated carbocycles. The second-order valence-corrected chi connectivity index (χ2v) is 13.3. The van der Waals surface area contributed by atoms with Crippen LogP contribution >= 0.6 is 0 Å². The summed E-state index contributed by atoms with van der Waals surface area (Å²) in [6.45, 7) is 6.39. The normalized spacial score (nSPS) is 17.6. The monoisotopic (exact) mass is 621 g/mol. The van der Waals surface area contributed by atoms with Crippen LogP contribution in [0.5, 0.6) is 0 Å². The van der Waals surface area contributed by atoms with E-state index in [1.54, 1.807) is 18.1 Å². The number of piperazine rings is 1. The van der Waals surface area contributed by atoms with Crippen molar-refractivity contribution in [1.82, 2.24) is 34.2 Å². The van der Waals surface area contributed by atoms with E-state index in [1.165, 1.54) is 29.2 Å². The number of anilines is 2. The quantitative estimate of drug-likeness (QED) is 0.316. The van der Waals surface area contributed by atoms with Crippen LogP contribution in [0.15, 0.2) is 47.0 Å². The fourth-order valence-corrected chi connectivity index (χ4v) is 6.83. The van der Waals surface area contributed by atoms with Crippen molar-refractivity contribution >= 4 is 38.3 Å². The minimum atomic E-state index is -3.88. The van der Waals surface area contributed by atoms with Gasteiger partial charge in [-0.15, -0.1) is 0 Å². The van der Waals surface area contributed by atoms with Crippen molar-refractivity contribution in [2.24, 2.45) is 7.05 Å². The number of nitrogens with two attached hydrogens (primary N) is 1. The summed E-state index contributed by atoms with van der Waals surface area (Å²) >= 11 is 0. The SMILES string of the molecule is C=CC(=O)N1CCN(c2nc(=O)n(-c3c(C4CCC4)cncc3S(C)(=O)=O)c3nc(-c4c(N)cnn4C)c(F)cc23)[C@@H](C)C1. The number of halogens is 1. The molecule has 44 heavy (non-hydrogen) atoms. The van der Waals surface area contributed by atoms with E-state index in [2.05, 4.69) is 26.6 Å². The van der Waals surface area contributed by atoms with Crippen molar-refractivity contribution in [3.63, 3.8) is 0 Å². The maximum atomic E-state index is 16.0. The fraction of sp³-hybridized carbons (Fsp3) is 0.379. The van der Waals surface area contributed by atoms with Gasteiger partial charge >= 0.3 is 5.69 Å². The first-order valence-electron chi connectivity index (χ1n) is 14.2. The van der Waals surface area contributed by atoms with Crippen LogP contribution in [0.25, 0.3) is 28.1 Å². The van der Waals surface area contributed by atoms with Gasteiger partial charge in [0.05, 0.1) is 23.0 Å². The molecule has 0 spiro atoms. The Morgan fingerprint density at radius 1 is 1.18 bits per heavy atom. The Hall–Kier alpha value is -4.66. The highest BCUT2D eigenvalue weighted by molar-refractivity contribution is 7.90. The molecular formula is C29H32FN9O4S. The predicted molar refractivity (Wildman–Crippen MR) is 163 cm³/mol. The van der Waals surface area contributed by atoms with Gasteiger partial charge in [-0.1, -0.05) is 13.0 Å². The van der Waals surface area contributed by atoms with Crippen LogP contribution in [0.3, 0.4) is 0 Å². The van der Waals surface area contributed by atoms with Crippen molar-refractivity contribution in [3.8, 4) is 17.1 Å². The summed E-state index contributed by atoms with van der Waals surface area (Å²) in [5, 5.41) is 4.30. The standard InChI is InChI=1S/C29H32FN9O4S/c1-5-23(40)37-9-10-38(16(2)15-37)27-18-11-20(30)24(26-21(31)13-33-36(26)3)34-28(18)39(29(41)35-27)25-19(17-7-6-8-17)12-32-14-22(25)44(4,42)43/h5,11-14,16-17H,1,6-10,15,31H2,2-4H3/t16-/m0/s1. The lowest BCUT2D eigenvalue weighted by molar-refractivity contribution is -0.126. The summed E-state index contributed by atoms with van der Waals surface area (Å²) in [5.41, 5.74) is 6.27. The molecule has 0 aromatic carbocycles. The number of aromatic nitrogens is 6. The molecule has 1 atom stereocenters. The Labute approximate surface area is 252 Å². The van der Waals surface area contributed by atoms with Gasteiger partial charge in [0.15, 0.2) is 21.3 Å². The van der Waals surface area contributed by atoms with E-state index in [9.17, 15) is 18.0 Å². The molecule has 0 unspecified atom stereocenters. The number of amides is 1. The molecule has 2 N–H and O–H groups in total. The number of pyridine rings is 2. The van der Waals surface area contributed by atoms with Gasteiger partial charge in [0.1, 0.15) is 22.1 Å². The molecule has 1 aliphatic heterocycles. The van der Waals surface area contributed by atoms with Gasteiger partial charge in [-0.2, -0.15) is 10.1 Å². The van der Waals surface area contributed by atoms with Gasteiger partial charge in [-0.3, -0.25) is 14.5 Å². The number of aryl methyl sites for hydroxylation is 1. The first-order chi connectivity index (χ1) is 20.9. The highest BCUT2D eigenvalue weighted by atomic mass is 32.2. The zero-order chi connectivity index (χ0) is 31.5. The number of nitrogen functional groups attached to an aromatic ring is 1. The summed E-state index contributed by atoms with van der Waals surface area (Å²) in [6, 6.07) is 0.938. The molecule has 230 valence electrons. The largest absolute Gasteiger partial charge is 0.396 e. The van der Waals surface area contributed by atoms with E-state index in [1.807, 2.05) is 11.8 Å². The van der Waals surface area contributed by atoms with Crippen LogP contribution in [0, 0.1) is 5.82 Å². The molecule has 2 fully saturated rings. The molecule has 15 heteroatoms. The first-order valence-corrected chi connectivity index (χ1v) is 16.1. The number of carbonyl (C=O) groups excluding carboxylic acids is 1. The second kappa shape index (κ2) is 10.8. The zero-order valence-corrected chi connectivity index (χ0v) is 25.4. The zero-order valence-electron chi connectivity index (χ0n) is 24.6. The molecule has 5 heterocycles. The van der Waals surface area contributed by atoms with Crippen LogP contribution in [0.4, 0.5) is 15.9 Å². The van der Waals surface area contributed by atoms with Gasteiger partial charge in [0.2, 0.25) is 5.91 Å². The molecule has 1 saturated heterocycles. The summed E-state index contributed by atoms with van der Waals surface area (Å²) in [4.78, 5) is 43.1. The number of hydrogen-bond acceptors (Lipinski definition) is 10. The Bertz CT molecular complexity index is 1980. The van der Waals surface area contributed by atoms with Crippen LogP contribution in [-0.4, -0.2) is 80.5 Å². The first kappa shape index (κ1) is 29.4. The van der Waals surface area contributed by atoms with Crippen LogP contribution in [-0.2, 0) is 21.7 Å². The summed E-state index contributed by atoms with van der Waals surface area (Å²) in [5.74, 6) is -0.795. The maximum absolute atomic E-state index is 16.0. The molecule has 1 aliphatic carbocycles. The van der Waals surface area contributed by atoms with Crippen LogP contribution < -0.4 is 16.3 Å². The molecule has 2 aliphatic rings. The third-order valence-corrected chi connectivity index (χ3v) is 9.56. The van der Waals surface area contributed by atoms with Crippen LogP contribution in [0.2, 0.25) is 0 Å². The molecule has 4 aromatic heterocycles. The molecule has 1 amide bonds. The summed E-state index contributed by atoms with van der Waals surface area (Å²) in [7, 11) is -2.29. The van der Waals surface area contributed by atoms with Gasteiger partial charge < -0.3 is 15.5 Å². The molecule has 6 rings (SSSR count). The van der Waals surface area contributed by atoms with E-state index >= 15 is 4.39 Å².